The zero-order valence-corrected chi connectivity index (χ0v) is 13.9. The number of aryl methyl sites for hydroxylation is 3. The van der Waals surface area contributed by atoms with E-state index in [2.05, 4.69) is 0 Å². The number of aliphatic hydroxyl groups is 1. The van der Waals surface area contributed by atoms with E-state index in [0.29, 0.717) is 11.1 Å². The predicted octanol–water partition coefficient (Wildman–Crippen LogP) is 5.31. The van der Waals surface area contributed by atoms with Crippen molar-refractivity contribution in [2.24, 2.45) is 0 Å². The van der Waals surface area contributed by atoms with Crippen LogP contribution in [0.1, 0.15) is 34.7 Å². The third kappa shape index (κ3) is 2.94. The van der Waals surface area contributed by atoms with Crippen LogP contribution >= 0.6 is 23.2 Å². The first kappa shape index (κ1) is 16.3. The predicted molar refractivity (Wildman–Crippen MR) is 85.7 cm³/mol. The lowest BCUT2D eigenvalue weighted by Crippen LogP contribution is -2.25. The largest absolute Gasteiger partial charge is 0.381 e. The smallest absolute Gasteiger partial charge is 0.142 e. The van der Waals surface area contributed by atoms with Crippen molar-refractivity contribution in [1.82, 2.24) is 0 Å². The van der Waals surface area contributed by atoms with Crippen molar-refractivity contribution in [2.75, 3.05) is 0 Å². The van der Waals surface area contributed by atoms with E-state index in [1.54, 1.807) is 6.92 Å². The summed E-state index contributed by atoms with van der Waals surface area (Å²) in [6.45, 7) is 7.50. The zero-order chi connectivity index (χ0) is 15.9. The zero-order valence-electron chi connectivity index (χ0n) is 12.4. The molecule has 112 valence electrons. The minimum atomic E-state index is -1.40. The maximum atomic E-state index is 13.7. The van der Waals surface area contributed by atoms with Crippen molar-refractivity contribution in [2.45, 2.75) is 33.3 Å². The van der Waals surface area contributed by atoms with Crippen LogP contribution in [0.4, 0.5) is 4.39 Å². The Bertz CT molecular complexity index is 649. The summed E-state index contributed by atoms with van der Waals surface area (Å²) >= 11 is 11.9. The van der Waals surface area contributed by atoms with Crippen molar-refractivity contribution in [3.8, 4) is 0 Å². The quantitative estimate of drug-likeness (QED) is 0.741. The van der Waals surface area contributed by atoms with Gasteiger partial charge in [0, 0.05) is 10.6 Å². The molecule has 1 N–H and O–H groups in total. The average molecular weight is 327 g/mol. The van der Waals surface area contributed by atoms with Gasteiger partial charge in [0.2, 0.25) is 0 Å². The second-order valence-electron chi connectivity index (χ2n) is 5.57. The van der Waals surface area contributed by atoms with Crippen LogP contribution in [0.3, 0.4) is 0 Å². The van der Waals surface area contributed by atoms with Gasteiger partial charge in [0.25, 0.3) is 0 Å². The van der Waals surface area contributed by atoms with E-state index in [-0.39, 0.29) is 10.0 Å². The number of hydrogen-bond acceptors (Lipinski definition) is 1. The number of rotatable bonds is 2. The summed E-state index contributed by atoms with van der Waals surface area (Å²) in [5.74, 6) is -0.599. The summed E-state index contributed by atoms with van der Waals surface area (Å²) in [4.78, 5) is 0. The Morgan fingerprint density at radius 3 is 2.05 bits per heavy atom. The monoisotopic (exact) mass is 326 g/mol. The molecule has 0 fully saturated rings. The number of halogens is 3. The molecule has 2 aromatic carbocycles. The average Bonchev–Trinajstić information content (AvgIpc) is 2.37. The fourth-order valence-corrected chi connectivity index (χ4v) is 3.09. The molecule has 21 heavy (non-hydrogen) atoms. The summed E-state index contributed by atoms with van der Waals surface area (Å²) in [5.41, 5.74) is 2.73. The second-order valence-corrected chi connectivity index (χ2v) is 6.38. The molecule has 2 rings (SSSR count). The Hall–Kier alpha value is -1.09. The fourth-order valence-electron chi connectivity index (χ4n) is 2.53. The van der Waals surface area contributed by atoms with Gasteiger partial charge in [0.15, 0.2) is 0 Å². The molecule has 0 heterocycles. The van der Waals surface area contributed by atoms with Gasteiger partial charge in [-0.15, -0.1) is 0 Å². The first-order chi connectivity index (χ1) is 9.64. The van der Waals surface area contributed by atoms with Gasteiger partial charge in [0.05, 0.1) is 5.02 Å². The van der Waals surface area contributed by atoms with Crippen LogP contribution in [-0.4, -0.2) is 5.11 Å². The van der Waals surface area contributed by atoms with Crippen molar-refractivity contribution < 1.29 is 9.50 Å². The Kier molecular flexibility index (Phi) is 4.34. The molecule has 1 atom stereocenters. The molecule has 0 aliphatic carbocycles. The highest BCUT2D eigenvalue weighted by atomic mass is 35.5. The van der Waals surface area contributed by atoms with Gasteiger partial charge in [-0.05, 0) is 62.1 Å². The first-order valence-electron chi connectivity index (χ1n) is 6.60. The van der Waals surface area contributed by atoms with Gasteiger partial charge in [-0.2, -0.15) is 0 Å². The Balaban J connectivity index is 2.67. The summed E-state index contributed by atoms with van der Waals surface area (Å²) < 4.78 is 13.7. The summed E-state index contributed by atoms with van der Waals surface area (Å²) in [6.07, 6.45) is 0. The molecule has 0 saturated heterocycles. The van der Waals surface area contributed by atoms with E-state index in [9.17, 15) is 9.50 Å². The summed E-state index contributed by atoms with van der Waals surface area (Å²) in [6, 6.07) is 6.42. The van der Waals surface area contributed by atoms with Crippen LogP contribution in [0.25, 0.3) is 0 Å². The van der Waals surface area contributed by atoms with Crippen molar-refractivity contribution >= 4 is 23.2 Å². The van der Waals surface area contributed by atoms with Crippen molar-refractivity contribution in [1.29, 1.82) is 0 Å². The SMILES string of the molecule is Cc1cc(C)c(C(C)(O)c2cc(F)c(Cl)cc2Cl)cc1C. The normalized spacial score (nSPS) is 14.1. The molecule has 0 aliphatic heterocycles. The molecule has 2 aromatic rings. The number of hydrogen-bond donors (Lipinski definition) is 1. The van der Waals surface area contributed by atoms with E-state index in [4.69, 9.17) is 23.2 Å². The molecule has 0 saturated carbocycles. The van der Waals surface area contributed by atoms with Gasteiger partial charge in [0.1, 0.15) is 11.4 Å². The van der Waals surface area contributed by atoms with Crippen LogP contribution in [0.15, 0.2) is 24.3 Å². The third-order valence-corrected chi connectivity index (χ3v) is 4.50. The Morgan fingerprint density at radius 1 is 0.857 bits per heavy atom. The lowest BCUT2D eigenvalue weighted by Gasteiger charge is -2.28. The molecule has 0 aliphatic rings. The molecule has 0 bridgehead atoms. The Morgan fingerprint density at radius 2 is 1.43 bits per heavy atom. The maximum Gasteiger partial charge on any atom is 0.142 e. The Labute approximate surface area is 134 Å². The molecule has 0 radical (unpaired) electrons. The lowest BCUT2D eigenvalue weighted by molar-refractivity contribution is 0.101. The minimum absolute atomic E-state index is 0.0589. The van der Waals surface area contributed by atoms with Crippen LogP contribution in [0.5, 0.6) is 0 Å². The lowest BCUT2D eigenvalue weighted by atomic mass is 9.84. The highest BCUT2D eigenvalue weighted by molar-refractivity contribution is 6.35. The van der Waals surface area contributed by atoms with Gasteiger partial charge in [-0.3, -0.25) is 0 Å². The molecule has 1 nitrogen and oxygen atoms in total. The van der Waals surface area contributed by atoms with Crippen molar-refractivity contribution in [3.05, 3.63) is 67.9 Å². The molecular weight excluding hydrogens is 310 g/mol. The minimum Gasteiger partial charge on any atom is -0.381 e. The fraction of sp³-hybridized carbons (Fsp3) is 0.294. The summed E-state index contributed by atoms with van der Waals surface area (Å²) in [7, 11) is 0. The molecule has 0 amide bonds. The highest BCUT2D eigenvalue weighted by Gasteiger charge is 2.31. The van der Waals surface area contributed by atoms with Crippen LogP contribution in [-0.2, 0) is 5.60 Å². The third-order valence-electron chi connectivity index (χ3n) is 3.90. The standard InChI is InChI=1S/C17H17Cl2FO/c1-9-5-11(3)12(6-10(9)2)17(4,21)13-7-16(20)15(19)8-14(13)18/h5-8,21H,1-4H3. The van der Waals surface area contributed by atoms with Gasteiger partial charge >= 0.3 is 0 Å². The van der Waals surface area contributed by atoms with E-state index in [1.807, 2.05) is 32.9 Å². The summed E-state index contributed by atoms with van der Waals surface area (Å²) in [5, 5.41) is 11.1. The topological polar surface area (TPSA) is 20.2 Å². The van der Waals surface area contributed by atoms with Crippen LogP contribution in [0, 0.1) is 26.6 Å². The van der Waals surface area contributed by atoms with Crippen molar-refractivity contribution in [3.63, 3.8) is 0 Å². The van der Waals surface area contributed by atoms with E-state index in [1.165, 1.54) is 12.1 Å². The van der Waals surface area contributed by atoms with Crippen LogP contribution < -0.4 is 0 Å². The second kappa shape index (κ2) is 5.60. The molecule has 4 heteroatoms. The van der Waals surface area contributed by atoms with Gasteiger partial charge in [-0.25, -0.2) is 4.39 Å². The molecule has 1 unspecified atom stereocenters. The highest BCUT2D eigenvalue weighted by Crippen LogP contribution is 2.38. The molecule has 0 aromatic heterocycles. The van der Waals surface area contributed by atoms with E-state index < -0.39 is 11.4 Å². The van der Waals surface area contributed by atoms with Gasteiger partial charge < -0.3 is 5.11 Å². The van der Waals surface area contributed by atoms with E-state index in [0.717, 1.165) is 16.7 Å². The number of benzene rings is 2. The maximum absolute atomic E-state index is 13.7. The van der Waals surface area contributed by atoms with E-state index >= 15 is 0 Å². The molecule has 0 spiro atoms. The molecular formula is C17H17Cl2FO. The first-order valence-corrected chi connectivity index (χ1v) is 7.36. The van der Waals surface area contributed by atoms with Crippen LogP contribution in [0.2, 0.25) is 10.0 Å². The van der Waals surface area contributed by atoms with Gasteiger partial charge in [-0.1, -0.05) is 35.3 Å².